The summed E-state index contributed by atoms with van der Waals surface area (Å²) in [5.41, 5.74) is 2.26. The zero-order valence-electron chi connectivity index (χ0n) is 13.6. The first kappa shape index (κ1) is 16.2. The van der Waals surface area contributed by atoms with E-state index < -0.39 is 10.0 Å². The average Bonchev–Trinajstić information content (AvgIpc) is 2.90. The van der Waals surface area contributed by atoms with Gasteiger partial charge in [-0.25, -0.2) is 8.42 Å². The van der Waals surface area contributed by atoms with Gasteiger partial charge in [0.25, 0.3) is 0 Å². The van der Waals surface area contributed by atoms with E-state index in [1.807, 2.05) is 37.3 Å². The summed E-state index contributed by atoms with van der Waals surface area (Å²) in [4.78, 5) is 0.398. The highest BCUT2D eigenvalue weighted by atomic mass is 32.2. The van der Waals surface area contributed by atoms with Gasteiger partial charge in [-0.15, -0.1) is 0 Å². The smallest absolute Gasteiger partial charge is 0.207 e. The van der Waals surface area contributed by atoms with Crippen LogP contribution >= 0.6 is 0 Å². The molecule has 3 nitrogen and oxygen atoms in total. The number of sulfonamides is 1. The molecule has 1 heterocycles. The van der Waals surface area contributed by atoms with E-state index in [1.165, 1.54) is 5.56 Å². The van der Waals surface area contributed by atoms with E-state index in [9.17, 15) is 8.42 Å². The van der Waals surface area contributed by atoms with Gasteiger partial charge in [-0.3, -0.25) is 0 Å². The quantitative estimate of drug-likeness (QED) is 0.859. The first-order valence-corrected chi connectivity index (χ1v) is 9.53. The topological polar surface area (TPSA) is 37.4 Å². The van der Waals surface area contributed by atoms with E-state index in [0.717, 1.165) is 18.4 Å². The third-order valence-corrected chi connectivity index (χ3v) is 6.45. The van der Waals surface area contributed by atoms with E-state index >= 15 is 0 Å². The SMILES string of the molecule is Cc1ccc(S(=O)(=O)N2C[C@@H](C)C[C@H]2Cc2ccccc2)cc1. The average molecular weight is 329 g/mol. The van der Waals surface area contributed by atoms with Gasteiger partial charge in [0.15, 0.2) is 0 Å². The van der Waals surface area contributed by atoms with Crippen molar-refractivity contribution in [3.63, 3.8) is 0 Å². The van der Waals surface area contributed by atoms with Crippen LogP contribution in [0, 0.1) is 12.8 Å². The van der Waals surface area contributed by atoms with E-state index in [2.05, 4.69) is 19.1 Å². The van der Waals surface area contributed by atoms with Gasteiger partial charge in [-0.05, 0) is 43.4 Å². The van der Waals surface area contributed by atoms with Crippen LogP contribution in [0.1, 0.15) is 24.5 Å². The van der Waals surface area contributed by atoms with Crippen LogP contribution in [0.15, 0.2) is 59.5 Å². The molecule has 1 aliphatic heterocycles. The molecule has 1 fully saturated rings. The Morgan fingerprint density at radius 1 is 1.04 bits per heavy atom. The third-order valence-electron chi connectivity index (χ3n) is 4.52. The normalized spacial score (nSPS) is 22.3. The number of aryl methyl sites for hydroxylation is 1. The molecule has 2 aromatic carbocycles. The lowest BCUT2D eigenvalue weighted by atomic mass is 10.0. The Kier molecular flexibility index (Phi) is 4.55. The molecule has 4 heteroatoms. The first-order valence-electron chi connectivity index (χ1n) is 8.09. The molecule has 1 aliphatic rings. The predicted molar refractivity (Wildman–Crippen MR) is 92.8 cm³/mol. The molecule has 0 amide bonds. The van der Waals surface area contributed by atoms with Crippen LogP contribution in [0.2, 0.25) is 0 Å². The van der Waals surface area contributed by atoms with Crippen LogP contribution < -0.4 is 0 Å². The van der Waals surface area contributed by atoms with Crippen molar-refractivity contribution in [3.8, 4) is 0 Å². The molecule has 0 spiro atoms. The van der Waals surface area contributed by atoms with E-state index in [1.54, 1.807) is 16.4 Å². The summed E-state index contributed by atoms with van der Waals surface area (Å²) < 4.78 is 27.7. The molecule has 0 radical (unpaired) electrons. The fraction of sp³-hybridized carbons (Fsp3) is 0.368. The molecule has 0 aromatic heterocycles. The third kappa shape index (κ3) is 3.48. The molecule has 0 N–H and O–H groups in total. The van der Waals surface area contributed by atoms with Gasteiger partial charge >= 0.3 is 0 Å². The van der Waals surface area contributed by atoms with Crippen molar-refractivity contribution >= 4 is 10.0 Å². The van der Waals surface area contributed by atoms with E-state index in [0.29, 0.717) is 17.4 Å². The van der Waals surface area contributed by atoms with Crippen molar-refractivity contribution < 1.29 is 8.42 Å². The van der Waals surface area contributed by atoms with Crippen LogP contribution in [0.5, 0.6) is 0 Å². The molecule has 23 heavy (non-hydrogen) atoms. The van der Waals surface area contributed by atoms with E-state index in [4.69, 9.17) is 0 Å². The van der Waals surface area contributed by atoms with Gasteiger partial charge in [-0.2, -0.15) is 4.31 Å². The number of hydrogen-bond donors (Lipinski definition) is 0. The maximum absolute atomic E-state index is 13.0. The molecular weight excluding hydrogens is 306 g/mol. The second-order valence-corrected chi connectivity index (χ2v) is 8.46. The standard InChI is InChI=1S/C19H23NO2S/c1-15-8-10-19(11-9-15)23(21,22)20-14-16(2)12-18(20)13-17-6-4-3-5-7-17/h3-11,16,18H,12-14H2,1-2H3/t16-,18-/m0/s1. The minimum absolute atomic E-state index is 0.0405. The Morgan fingerprint density at radius 2 is 1.70 bits per heavy atom. The van der Waals surface area contributed by atoms with Crippen LogP contribution in [0.25, 0.3) is 0 Å². The molecule has 0 bridgehead atoms. The van der Waals surface area contributed by atoms with Crippen LogP contribution in [-0.2, 0) is 16.4 Å². The van der Waals surface area contributed by atoms with Gasteiger partial charge in [0.2, 0.25) is 10.0 Å². The number of nitrogens with zero attached hydrogens (tertiary/aromatic N) is 1. The summed E-state index contributed by atoms with van der Waals surface area (Å²) in [6, 6.07) is 17.3. The minimum atomic E-state index is -3.42. The maximum Gasteiger partial charge on any atom is 0.243 e. The maximum atomic E-state index is 13.0. The van der Waals surface area contributed by atoms with Crippen molar-refractivity contribution in [1.82, 2.24) is 4.31 Å². The Morgan fingerprint density at radius 3 is 2.35 bits per heavy atom. The van der Waals surface area contributed by atoms with Gasteiger partial charge in [-0.1, -0.05) is 55.0 Å². The zero-order chi connectivity index (χ0) is 16.4. The van der Waals surface area contributed by atoms with Gasteiger partial charge in [0.05, 0.1) is 4.90 Å². The lowest BCUT2D eigenvalue weighted by Crippen LogP contribution is -2.37. The van der Waals surface area contributed by atoms with Crippen molar-refractivity contribution in [3.05, 3.63) is 65.7 Å². The number of rotatable bonds is 4. The number of hydrogen-bond acceptors (Lipinski definition) is 2. The second-order valence-electron chi connectivity index (χ2n) is 6.57. The van der Waals surface area contributed by atoms with Crippen molar-refractivity contribution in [1.29, 1.82) is 0 Å². The molecule has 3 rings (SSSR count). The highest BCUT2D eigenvalue weighted by Gasteiger charge is 2.38. The lowest BCUT2D eigenvalue weighted by Gasteiger charge is -2.24. The fourth-order valence-electron chi connectivity index (χ4n) is 3.32. The highest BCUT2D eigenvalue weighted by Crippen LogP contribution is 2.31. The molecular formula is C19H23NO2S. The largest absolute Gasteiger partial charge is 0.243 e. The van der Waals surface area contributed by atoms with E-state index in [-0.39, 0.29) is 6.04 Å². The lowest BCUT2D eigenvalue weighted by molar-refractivity contribution is 0.384. The highest BCUT2D eigenvalue weighted by molar-refractivity contribution is 7.89. The summed E-state index contributed by atoms with van der Waals surface area (Å²) in [6.45, 7) is 4.70. The minimum Gasteiger partial charge on any atom is -0.207 e. The van der Waals surface area contributed by atoms with Crippen molar-refractivity contribution in [2.75, 3.05) is 6.54 Å². The Balaban J connectivity index is 1.88. The molecule has 1 saturated heterocycles. The van der Waals surface area contributed by atoms with Crippen molar-refractivity contribution in [2.45, 2.75) is 37.6 Å². The van der Waals surface area contributed by atoms with Crippen molar-refractivity contribution in [2.24, 2.45) is 5.92 Å². The molecule has 122 valence electrons. The Labute approximate surface area is 139 Å². The Bertz CT molecular complexity index is 754. The summed E-state index contributed by atoms with van der Waals surface area (Å²) in [5, 5.41) is 0. The second kappa shape index (κ2) is 6.46. The molecule has 0 aliphatic carbocycles. The predicted octanol–water partition coefficient (Wildman–Crippen LogP) is 3.64. The van der Waals surface area contributed by atoms with Gasteiger partial charge in [0.1, 0.15) is 0 Å². The summed E-state index contributed by atoms with van der Waals surface area (Å²) in [6.07, 6.45) is 1.69. The molecule has 0 saturated carbocycles. The molecule has 2 atom stereocenters. The molecule has 2 aromatic rings. The van der Waals surface area contributed by atoms with Crippen LogP contribution in [-0.4, -0.2) is 25.3 Å². The van der Waals surface area contributed by atoms with Crippen LogP contribution in [0.3, 0.4) is 0 Å². The zero-order valence-corrected chi connectivity index (χ0v) is 14.5. The Hall–Kier alpha value is -1.65. The summed E-state index contributed by atoms with van der Waals surface area (Å²) >= 11 is 0. The summed E-state index contributed by atoms with van der Waals surface area (Å²) in [5.74, 6) is 0.393. The molecule has 0 unspecified atom stereocenters. The summed E-state index contributed by atoms with van der Waals surface area (Å²) in [7, 11) is -3.42. The first-order chi connectivity index (χ1) is 11.0. The monoisotopic (exact) mass is 329 g/mol. The van der Waals surface area contributed by atoms with Gasteiger partial charge in [0, 0.05) is 12.6 Å². The van der Waals surface area contributed by atoms with Crippen LogP contribution in [0.4, 0.5) is 0 Å². The number of benzene rings is 2. The fourth-order valence-corrected chi connectivity index (χ4v) is 5.08. The van der Waals surface area contributed by atoms with Gasteiger partial charge < -0.3 is 0 Å².